The van der Waals surface area contributed by atoms with Crippen molar-refractivity contribution in [2.45, 2.75) is 0 Å². The van der Waals surface area contributed by atoms with E-state index in [0.29, 0.717) is 25.4 Å². The summed E-state index contributed by atoms with van der Waals surface area (Å²) >= 11 is 5.73. The van der Waals surface area contributed by atoms with Gasteiger partial charge in [-0.15, -0.1) is 0 Å². The number of nitrogens with zero attached hydrogens (tertiary/aromatic N) is 5. The fourth-order valence-corrected chi connectivity index (χ4v) is 1.25. The number of hydrogen-bond donors (Lipinski definition) is 2. The molecule has 0 saturated carbocycles. The summed E-state index contributed by atoms with van der Waals surface area (Å²) in [7, 11) is 0. The van der Waals surface area contributed by atoms with Crippen LogP contribution in [0.4, 0.5) is 11.8 Å². The van der Waals surface area contributed by atoms with E-state index in [2.05, 4.69) is 30.8 Å². The number of azide groups is 1. The van der Waals surface area contributed by atoms with Gasteiger partial charge in [0.2, 0.25) is 12.4 Å². The van der Waals surface area contributed by atoms with Crippen molar-refractivity contribution in [3.63, 3.8) is 0 Å². The Bertz CT molecular complexity index is 481. The average Bonchev–Trinajstić information content (AvgIpc) is 2.41. The highest BCUT2D eigenvalue weighted by Gasteiger charge is 2.02. The van der Waals surface area contributed by atoms with Crippen molar-refractivity contribution in [3.05, 3.63) is 21.7 Å². The molecular weight excluding hydrogens is 290 g/mol. The van der Waals surface area contributed by atoms with Gasteiger partial charge in [-0.1, -0.05) is 16.7 Å². The number of nitrogens with one attached hydrogen (secondary N) is 2. The van der Waals surface area contributed by atoms with Crippen LogP contribution in [-0.4, -0.2) is 42.7 Å². The summed E-state index contributed by atoms with van der Waals surface area (Å²) in [5.74, 6) is 0.354. The normalized spacial score (nSPS) is 9.65. The van der Waals surface area contributed by atoms with Crippen LogP contribution in [0.5, 0.6) is 0 Å². The first-order chi connectivity index (χ1) is 9.76. The molecule has 2 N–H and O–H groups in total. The molecule has 1 amide bonds. The first-order valence-electron chi connectivity index (χ1n) is 5.47. The lowest BCUT2D eigenvalue weighted by Crippen LogP contribution is -2.12. The molecule has 0 aliphatic rings. The summed E-state index contributed by atoms with van der Waals surface area (Å²) < 4.78 is 5.11. The fraction of sp³-hybridized carbons (Fsp3) is 0.444. The minimum Gasteiger partial charge on any atom is -0.379 e. The van der Waals surface area contributed by atoms with Crippen molar-refractivity contribution in [2.75, 3.05) is 37.2 Å². The highest BCUT2D eigenvalue weighted by molar-refractivity contribution is 6.29. The van der Waals surface area contributed by atoms with Gasteiger partial charge in [-0.2, -0.15) is 4.98 Å². The van der Waals surface area contributed by atoms with Gasteiger partial charge < -0.3 is 4.74 Å². The zero-order valence-corrected chi connectivity index (χ0v) is 11.1. The zero-order chi connectivity index (χ0) is 14.6. The summed E-state index contributed by atoms with van der Waals surface area (Å²) in [6.07, 6.45) is 0.438. The topological polar surface area (TPSA) is 134 Å². The Labute approximate surface area is 119 Å². The largest absolute Gasteiger partial charge is 0.379 e. The van der Waals surface area contributed by atoms with E-state index in [9.17, 15) is 4.79 Å². The zero-order valence-electron chi connectivity index (χ0n) is 10.3. The lowest BCUT2D eigenvalue weighted by Gasteiger charge is -2.07. The molecule has 0 atom stereocenters. The molecule has 108 valence electrons. The van der Waals surface area contributed by atoms with Crippen LogP contribution in [0.3, 0.4) is 0 Å². The molecule has 20 heavy (non-hydrogen) atoms. The van der Waals surface area contributed by atoms with E-state index in [1.165, 1.54) is 6.07 Å². The summed E-state index contributed by atoms with van der Waals surface area (Å²) in [6.45, 7) is 1.15. The quantitative estimate of drug-likeness (QED) is 0.127. The molecule has 0 radical (unpaired) electrons. The van der Waals surface area contributed by atoms with E-state index in [1.807, 2.05) is 0 Å². The molecule has 1 rings (SSSR count). The van der Waals surface area contributed by atoms with Gasteiger partial charge in [0.05, 0.1) is 19.8 Å². The molecule has 1 heterocycles. The van der Waals surface area contributed by atoms with Crippen LogP contribution in [0.25, 0.3) is 10.4 Å². The maximum absolute atomic E-state index is 10.3. The lowest BCUT2D eigenvalue weighted by atomic mass is 10.6. The Morgan fingerprint density at radius 1 is 1.45 bits per heavy atom. The van der Waals surface area contributed by atoms with Crippen LogP contribution in [0.1, 0.15) is 0 Å². The van der Waals surface area contributed by atoms with Gasteiger partial charge in [0.15, 0.2) is 5.82 Å². The molecule has 0 fully saturated rings. The number of halogens is 1. The third-order valence-corrected chi connectivity index (χ3v) is 1.98. The molecule has 0 spiro atoms. The molecule has 0 aromatic carbocycles. The van der Waals surface area contributed by atoms with Crippen molar-refractivity contribution >= 4 is 29.8 Å². The van der Waals surface area contributed by atoms with Crippen LogP contribution in [0.2, 0.25) is 5.15 Å². The van der Waals surface area contributed by atoms with Gasteiger partial charge in [-0.3, -0.25) is 14.9 Å². The second-order valence-corrected chi connectivity index (χ2v) is 3.57. The van der Waals surface area contributed by atoms with Crippen molar-refractivity contribution in [3.8, 4) is 0 Å². The van der Waals surface area contributed by atoms with Crippen molar-refractivity contribution in [1.82, 2.24) is 9.97 Å². The number of anilines is 2. The molecule has 0 bridgehead atoms. The Morgan fingerprint density at radius 2 is 2.30 bits per heavy atom. The maximum atomic E-state index is 10.3. The maximum Gasteiger partial charge on any atom is 0.232 e. The number of carbonyl (C=O) groups is 1. The fourth-order valence-electron chi connectivity index (χ4n) is 1.06. The number of hydrogen-bond acceptors (Lipinski definition) is 7. The summed E-state index contributed by atoms with van der Waals surface area (Å²) in [5, 5.41) is 5.73. The van der Waals surface area contributed by atoms with Crippen LogP contribution < -0.4 is 10.8 Å². The predicted octanol–water partition coefficient (Wildman–Crippen LogP) is 1.37. The highest BCUT2D eigenvalue weighted by Crippen LogP contribution is 2.13. The van der Waals surface area contributed by atoms with Crippen LogP contribution >= 0.6 is 11.6 Å². The van der Waals surface area contributed by atoms with Gasteiger partial charge in [0.1, 0.15) is 5.15 Å². The third-order valence-electron chi connectivity index (χ3n) is 1.79. The first kappa shape index (κ1) is 15.9. The standard InChI is InChI=1S/C9H12ClN7O3/c10-7-5-8(15-9(14-7)12-6-18)16-20-4-3-19-2-1-13-17-11/h5-6H,1-4H2,(H2,12,14,15,16,18). The molecule has 0 aliphatic heterocycles. The first-order valence-corrected chi connectivity index (χ1v) is 5.85. The minimum atomic E-state index is 0.0595. The molecular formula is C9H12ClN7O3. The molecule has 10 nitrogen and oxygen atoms in total. The molecule has 0 aliphatic carbocycles. The van der Waals surface area contributed by atoms with E-state index in [4.69, 9.17) is 26.7 Å². The molecule has 1 aromatic heterocycles. The van der Waals surface area contributed by atoms with Crippen molar-refractivity contribution in [1.29, 1.82) is 0 Å². The van der Waals surface area contributed by atoms with Crippen molar-refractivity contribution in [2.24, 2.45) is 5.11 Å². The van der Waals surface area contributed by atoms with E-state index in [0.717, 1.165) is 0 Å². The third kappa shape index (κ3) is 6.71. The van der Waals surface area contributed by atoms with Crippen LogP contribution in [0.15, 0.2) is 11.2 Å². The number of aromatic nitrogens is 2. The van der Waals surface area contributed by atoms with Crippen molar-refractivity contribution < 1.29 is 14.4 Å². The summed E-state index contributed by atoms with van der Waals surface area (Å²) in [4.78, 5) is 25.6. The molecule has 0 unspecified atom stereocenters. The number of ether oxygens (including phenoxy) is 1. The Balaban J connectivity index is 2.24. The Hall–Kier alpha value is -2.13. The number of rotatable bonds is 10. The second-order valence-electron chi connectivity index (χ2n) is 3.18. The van der Waals surface area contributed by atoms with Gasteiger partial charge in [-0.05, 0) is 5.53 Å². The SMILES string of the molecule is [N-]=[N+]=NCCOCCONc1cc(Cl)nc(NC=O)n1. The van der Waals surface area contributed by atoms with Gasteiger partial charge in [0, 0.05) is 17.5 Å². The lowest BCUT2D eigenvalue weighted by molar-refractivity contribution is -0.105. The Morgan fingerprint density at radius 3 is 3.05 bits per heavy atom. The minimum absolute atomic E-state index is 0.0595. The summed E-state index contributed by atoms with van der Waals surface area (Å²) in [5.41, 5.74) is 10.6. The van der Waals surface area contributed by atoms with E-state index < -0.39 is 0 Å². The average molecular weight is 302 g/mol. The van der Waals surface area contributed by atoms with Gasteiger partial charge >= 0.3 is 0 Å². The summed E-state index contributed by atoms with van der Waals surface area (Å²) in [6, 6.07) is 1.43. The predicted molar refractivity (Wildman–Crippen MR) is 71.1 cm³/mol. The highest BCUT2D eigenvalue weighted by atomic mass is 35.5. The molecule has 1 aromatic rings. The smallest absolute Gasteiger partial charge is 0.232 e. The van der Waals surface area contributed by atoms with Crippen LogP contribution in [0, 0.1) is 0 Å². The monoisotopic (exact) mass is 301 g/mol. The van der Waals surface area contributed by atoms with Gasteiger partial charge in [-0.25, -0.2) is 10.5 Å². The molecule has 0 saturated heterocycles. The van der Waals surface area contributed by atoms with E-state index >= 15 is 0 Å². The van der Waals surface area contributed by atoms with Gasteiger partial charge in [0.25, 0.3) is 0 Å². The molecule has 11 heteroatoms. The Kier molecular flexibility index (Phi) is 7.77. The number of amides is 1. The van der Waals surface area contributed by atoms with E-state index in [1.54, 1.807) is 0 Å². The second kappa shape index (κ2) is 9.75. The van der Waals surface area contributed by atoms with E-state index in [-0.39, 0.29) is 24.3 Å². The van der Waals surface area contributed by atoms with Crippen LogP contribution in [-0.2, 0) is 14.4 Å². The number of carbonyl (C=O) groups excluding carboxylic acids is 1.